The van der Waals surface area contributed by atoms with Crippen molar-refractivity contribution in [1.29, 1.82) is 0 Å². The Morgan fingerprint density at radius 3 is 2.89 bits per heavy atom. The van der Waals surface area contributed by atoms with E-state index in [2.05, 4.69) is 15.0 Å². The number of fused-ring (bicyclic) bond motifs is 1. The Kier molecular flexibility index (Phi) is 2.69. The molecule has 0 spiro atoms. The average Bonchev–Trinajstić information content (AvgIpc) is 2.75. The van der Waals surface area contributed by atoms with E-state index in [1.54, 1.807) is 12.3 Å². The first-order chi connectivity index (χ1) is 8.65. The fourth-order valence-electron chi connectivity index (χ4n) is 1.83. The smallest absolute Gasteiger partial charge is 0.222 e. The van der Waals surface area contributed by atoms with Gasteiger partial charge in [-0.2, -0.15) is 0 Å². The van der Waals surface area contributed by atoms with Gasteiger partial charge in [0.05, 0.1) is 16.9 Å². The third kappa shape index (κ3) is 1.83. The van der Waals surface area contributed by atoms with E-state index in [1.165, 1.54) is 18.3 Å². The molecule has 3 aromatic rings. The first kappa shape index (κ1) is 11.4. The number of aromatic nitrogens is 3. The predicted octanol–water partition coefficient (Wildman–Crippen LogP) is 4.07. The van der Waals surface area contributed by atoms with Crippen molar-refractivity contribution in [1.82, 2.24) is 15.0 Å². The van der Waals surface area contributed by atoms with E-state index in [-0.39, 0.29) is 11.1 Å². The number of halogens is 3. The molecular weight excluding hydrogens is 276 g/mol. The van der Waals surface area contributed by atoms with Crippen LogP contribution < -0.4 is 0 Å². The van der Waals surface area contributed by atoms with Gasteiger partial charge in [-0.15, -0.1) is 0 Å². The topological polar surface area (TPSA) is 41.6 Å². The summed E-state index contributed by atoms with van der Waals surface area (Å²) >= 11 is 11.8. The number of hydrogen-bond donors (Lipinski definition) is 1. The maximum Gasteiger partial charge on any atom is 0.222 e. The van der Waals surface area contributed by atoms with Crippen LogP contribution in [0.25, 0.3) is 22.2 Å². The van der Waals surface area contributed by atoms with E-state index in [0.29, 0.717) is 16.2 Å². The largest absolute Gasteiger partial charge is 0.360 e. The van der Waals surface area contributed by atoms with E-state index in [1.807, 2.05) is 0 Å². The lowest BCUT2D eigenvalue weighted by Crippen LogP contribution is -1.88. The van der Waals surface area contributed by atoms with Crippen LogP contribution in [0.3, 0.4) is 0 Å². The van der Waals surface area contributed by atoms with E-state index < -0.39 is 0 Å². The maximum atomic E-state index is 13.1. The number of rotatable bonds is 1. The van der Waals surface area contributed by atoms with Crippen LogP contribution in [-0.4, -0.2) is 15.0 Å². The second-order valence-electron chi connectivity index (χ2n) is 3.73. The van der Waals surface area contributed by atoms with E-state index >= 15 is 0 Å². The van der Waals surface area contributed by atoms with Crippen LogP contribution in [0.5, 0.6) is 0 Å². The molecule has 2 heterocycles. The van der Waals surface area contributed by atoms with Crippen molar-refractivity contribution >= 4 is 34.1 Å². The average molecular weight is 282 g/mol. The zero-order valence-corrected chi connectivity index (χ0v) is 10.4. The predicted molar refractivity (Wildman–Crippen MR) is 69.3 cm³/mol. The molecule has 0 amide bonds. The van der Waals surface area contributed by atoms with Gasteiger partial charge >= 0.3 is 0 Å². The van der Waals surface area contributed by atoms with Crippen LogP contribution in [0.4, 0.5) is 4.39 Å². The fraction of sp³-hybridized carbons (Fsp3) is 0. The lowest BCUT2D eigenvalue weighted by molar-refractivity contribution is 0.629. The van der Waals surface area contributed by atoms with Crippen molar-refractivity contribution in [2.45, 2.75) is 0 Å². The molecule has 0 unspecified atom stereocenters. The van der Waals surface area contributed by atoms with Crippen LogP contribution in [0.1, 0.15) is 0 Å². The highest BCUT2D eigenvalue weighted by atomic mass is 35.5. The number of H-pyrrole nitrogens is 1. The molecule has 0 saturated carbocycles. The summed E-state index contributed by atoms with van der Waals surface area (Å²) < 4.78 is 13.1. The SMILES string of the molecule is Fc1ccc2c(-c3nc(Cl)ncc3Cl)c[nH]c2c1. The highest BCUT2D eigenvalue weighted by Crippen LogP contribution is 2.32. The minimum absolute atomic E-state index is 0.117. The number of nitrogens with zero attached hydrogens (tertiary/aromatic N) is 2. The Morgan fingerprint density at radius 2 is 2.06 bits per heavy atom. The molecule has 1 N–H and O–H groups in total. The van der Waals surface area contributed by atoms with Crippen molar-refractivity contribution in [2.75, 3.05) is 0 Å². The molecule has 0 saturated heterocycles. The van der Waals surface area contributed by atoms with Crippen LogP contribution >= 0.6 is 23.2 Å². The van der Waals surface area contributed by atoms with Crippen molar-refractivity contribution in [3.63, 3.8) is 0 Å². The summed E-state index contributed by atoms with van der Waals surface area (Å²) in [6.07, 6.45) is 3.16. The summed E-state index contributed by atoms with van der Waals surface area (Å²) in [6, 6.07) is 4.47. The molecule has 0 bridgehead atoms. The molecule has 0 atom stereocenters. The summed E-state index contributed by atoms with van der Waals surface area (Å²) in [5.41, 5.74) is 1.96. The number of benzene rings is 1. The molecule has 0 fully saturated rings. The monoisotopic (exact) mass is 281 g/mol. The van der Waals surface area contributed by atoms with Crippen molar-refractivity contribution in [2.24, 2.45) is 0 Å². The van der Waals surface area contributed by atoms with Crippen molar-refractivity contribution in [3.05, 3.63) is 46.7 Å². The van der Waals surface area contributed by atoms with Crippen LogP contribution in [0.2, 0.25) is 10.3 Å². The second kappa shape index (κ2) is 4.23. The standard InChI is InChI=1S/C12H6Cl2FN3/c13-9-5-17-12(14)18-11(9)8-4-16-10-3-6(15)1-2-7(8)10/h1-5,16H. The molecular formula is C12H6Cl2FN3. The van der Waals surface area contributed by atoms with Crippen molar-refractivity contribution in [3.8, 4) is 11.3 Å². The summed E-state index contributed by atoms with van der Waals surface area (Å²) in [4.78, 5) is 10.9. The Morgan fingerprint density at radius 1 is 1.22 bits per heavy atom. The van der Waals surface area contributed by atoms with Crippen LogP contribution in [0.15, 0.2) is 30.6 Å². The molecule has 6 heteroatoms. The third-order valence-corrected chi connectivity index (χ3v) is 3.07. The molecule has 3 nitrogen and oxygen atoms in total. The van der Waals surface area contributed by atoms with Gasteiger partial charge < -0.3 is 4.98 Å². The molecule has 0 aliphatic heterocycles. The Bertz CT molecular complexity index is 739. The Hall–Kier alpha value is -1.65. The minimum Gasteiger partial charge on any atom is -0.360 e. The zero-order valence-electron chi connectivity index (χ0n) is 8.92. The summed E-state index contributed by atoms with van der Waals surface area (Å²) in [7, 11) is 0. The van der Waals surface area contributed by atoms with Gasteiger partial charge in [-0.25, -0.2) is 14.4 Å². The molecule has 3 rings (SSSR count). The molecule has 90 valence electrons. The maximum absolute atomic E-state index is 13.1. The normalized spacial score (nSPS) is 11.1. The van der Waals surface area contributed by atoms with Crippen molar-refractivity contribution < 1.29 is 4.39 Å². The summed E-state index contributed by atoms with van der Waals surface area (Å²) in [6.45, 7) is 0. The van der Waals surface area contributed by atoms with Gasteiger partial charge in [0.2, 0.25) is 5.28 Å². The van der Waals surface area contributed by atoms with Crippen LogP contribution in [-0.2, 0) is 0 Å². The summed E-state index contributed by atoms with van der Waals surface area (Å²) in [5, 5.41) is 1.34. The molecule has 0 radical (unpaired) electrons. The molecule has 0 aliphatic carbocycles. The van der Waals surface area contributed by atoms with E-state index in [0.717, 1.165) is 10.9 Å². The second-order valence-corrected chi connectivity index (χ2v) is 4.47. The Balaban J connectivity index is 2.28. The van der Waals surface area contributed by atoms with E-state index in [4.69, 9.17) is 23.2 Å². The van der Waals surface area contributed by atoms with Gasteiger partial charge in [0, 0.05) is 22.7 Å². The van der Waals surface area contributed by atoms with Gasteiger partial charge in [-0.1, -0.05) is 11.6 Å². The molecule has 0 aliphatic rings. The number of aromatic amines is 1. The highest BCUT2D eigenvalue weighted by molar-refractivity contribution is 6.34. The van der Waals surface area contributed by atoms with Gasteiger partial charge in [0.25, 0.3) is 0 Å². The molecule has 1 aromatic carbocycles. The lowest BCUT2D eigenvalue weighted by atomic mass is 10.1. The first-order valence-electron chi connectivity index (χ1n) is 5.10. The summed E-state index contributed by atoms with van der Waals surface area (Å²) in [5.74, 6) is -0.303. The quantitative estimate of drug-likeness (QED) is 0.683. The number of hydrogen-bond acceptors (Lipinski definition) is 2. The zero-order chi connectivity index (χ0) is 12.7. The first-order valence-corrected chi connectivity index (χ1v) is 5.86. The molecule has 18 heavy (non-hydrogen) atoms. The van der Waals surface area contributed by atoms with Gasteiger partial charge in [0.1, 0.15) is 5.82 Å². The minimum atomic E-state index is -0.303. The highest BCUT2D eigenvalue weighted by Gasteiger charge is 2.12. The van der Waals surface area contributed by atoms with Gasteiger partial charge in [-0.05, 0) is 29.8 Å². The third-order valence-electron chi connectivity index (χ3n) is 2.61. The van der Waals surface area contributed by atoms with Gasteiger partial charge in [-0.3, -0.25) is 0 Å². The van der Waals surface area contributed by atoms with Crippen LogP contribution in [0, 0.1) is 5.82 Å². The van der Waals surface area contributed by atoms with E-state index in [9.17, 15) is 4.39 Å². The Labute approximate surface area is 112 Å². The lowest BCUT2D eigenvalue weighted by Gasteiger charge is -2.01. The fourth-order valence-corrected chi connectivity index (χ4v) is 2.15. The molecule has 2 aromatic heterocycles. The number of nitrogens with one attached hydrogen (secondary N) is 1. The van der Waals surface area contributed by atoms with Gasteiger partial charge in [0.15, 0.2) is 0 Å².